The molecule has 3 nitrogen and oxygen atoms in total. The summed E-state index contributed by atoms with van der Waals surface area (Å²) in [5.41, 5.74) is 3.08. The second-order valence-electron chi connectivity index (χ2n) is 7.47. The lowest BCUT2D eigenvalue weighted by atomic mass is 9.64. The van der Waals surface area contributed by atoms with Crippen LogP contribution in [0.3, 0.4) is 0 Å². The van der Waals surface area contributed by atoms with Gasteiger partial charge < -0.3 is 5.32 Å². The minimum absolute atomic E-state index is 0.0113. The Kier molecular flexibility index (Phi) is 6.28. The van der Waals surface area contributed by atoms with Gasteiger partial charge in [0.2, 0.25) is 0 Å². The number of nitrogens with one attached hydrogen (secondary N) is 1. The number of aryl methyl sites for hydroxylation is 1. The standard InChI is InChI=1S/C23H23ClN2OS2/c1-16-26-19(13-28-16)14-29-21-6-3-2-5-20(21)22(27)25-15-23(11-4-12-23)17-7-9-18(24)10-8-17/h2-3,5-10,13H,4,11-12,14-15H2,1H3,(H,25,27). The molecule has 0 bridgehead atoms. The molecule has 4 rings (SSSR count). The molecule has 2 aromatic carbocycles. The number of halogens is 1. The van der Waals surface area contributed by atoms with Crippen LogP contribution in [0.25, 0.3) is 0 Å². The van der Waals surface area contributed by atoms with E-state index in [0.717, 1.165) is 44.8 Å². The summed E-state index contributed by atoms with van der Waals surface area (Å²) in [6.45, 7) is 2.66. The molecule has 1 aromatic heterocycles. The third kappa shape index (κ3) is 4.68. The lowest BCUT2D eigenvalue weighted by Crippen LogP contribution is -2.45. The van der Waals surface area contributed by atoms with E-state index in [-0.39, 0.29) is 11.3 Å². The van der Waals surface area contributed by atoms with Gasteiger partial charge in [0.1, 0.15) is 0 Å². The van der Waals surface area contributed by atoms with E-state index in [4.69, 9.17) is 11.6 Å². The smallest absolute Gasteiger partial charge is 0.252 e. The summed E-state index contributed by atoms with van der Waals surface area (Å²) in [7, 11) is 0. The van der Waals surface area contributed by atoms with E-state index in [9.17, 15) is 4.79 Å². The summed E-state index contributed by atoms with van der Waals surface area (Å²) in [6.07, 6.45) is 3.38. The van der Waals surface area contributed by atoms with Crippen molar-refractivity contribution < 1.29 is 4.79 Å². The first-order valence-corrected chi connectivity index (χ1v) is 12.0. The number of carbonyl (C=O) groups is 1. The maximum absolute atomic E-state index is 13.0. The van der Waals surface area contributed by atoms with Gasteiger partial charge in [-0.3, -0.25) is 4.79 Å². The lowest BCUT2D eigenvalue weighted by molar-refractivity contribution is 0.0925. The Balaban J connectivity index is 1.43. The monoisotopic (exact) mass is 442 g/mol. The maximum atomic E-state index is 13.0. The predicted molar refractivity (Wildman–Crippen MR) is 122 cm³/mol. The van der Waals surface area contributed by atoms with Crippen molar-refractivity contribution in [2.24, 2.45) is 0 Å². The van der Waals surface area contributed by atoms with E-state index in [1.165, 1.54) is 12.0 Å². The summed E-state index contributed by atoms with van der Waals surface area (Å²) in [5.74, 6) is 0.756. The van der Waals surface area contributed by atoms with Crippen LogP contribution in [0.15, 0.2) is 58.8 Å². The van der Waals surface area contributed by atoms with Gasteiger partial charge in [-0.15, -0.1) is 23.1 Å². The molecule has 29 heavy (non-hydrogen) atoms. The summed E-state index contributed by atoms with van der Waals surface area (Å²) < 4.78 is 0. The molecule has 6 heteroatoms. The highest BCUT2D eigenvalue weighted by Crippen LogP contribution is 2.43. The van der Waals surface area contributed by atoms with E-state index in [0.29, 0.717) is 6.54 Å². The van der Waals surface area contributed by atoms with E-state index in [1.54, 1.807) is 23.1 Å². The van der Waals surface area contributed by atoms with Crippen molar-refractivity contribution in [1.29, 1.82) is 0 Å². The molecule has 1 fully saturated rings. The van der Waals surface area contributed by atoms with Crippen molar-refractivity contribution in [1.82, 2.24) is 10.3 Å². The van der Waals surface area contributed by atoms with Gasteiger partial charge in [0.05, 0.1) is 16.3 Å². The molecule has 1 aliphatic rings. The minimum Gasteiger partial charge on any atom is -0.351 e. The third-order valence-corrected chi connectivity index (χ3v) is 7.71. The first-order chi connectivity index (χ1) is 14.1. The molecule has 1 heterocycles. The van der Waals surface area contributed by atoms with E-state index in [1.807, 2.05) is 43.3 Å². The Hall–Kier alpha value is -1.82. The van der Waals surface area contributed by atoms with E-state index < -0.39 is 0 Å². The van der Waals surface area contributed by atoms with Gasteiger partial charge in [-0.25, -0.2) is 4.98 Å². The molecule has 3 aromatic rings. The van der Waals surface area contributed by atoms with Gasteiger partial charge in [-0.05, 0) is 49.6 Å². The number of rotatable bonds is 7. The first-order valence-electron chi connectivity index (χ1n) is 9.73. The number of hydrogen-bond acceptors (Lipinski definition) is 4. The minimum atomic E-state index is -0.0113. The summed E-state index contributed by atoms with van der Waals surface area (Å²) in [6, 6.07) is 15.9. The Morgan fingerprint density at radius 2 is 1.97 bits per heavy atom. The molecule has 0 aliphatic heterocycles. The number of aromatic nitrogens is 1. The van der Waals surface area contributed by atoms with Crippen LogP contribution in [0.4, 0.5) is 0 Å². The fourth-order valence-electron chi connectivity index (χ4n) is 3.73. The predicted octanol–water partition coefficient (Wildman–Crippen LogP) is 6.25. The average molecular weight is 443 g/mol. The number of hydrogen-bond donors (Lipinski definition) is 1. The van der Waals surface area contributed by atoms with Crippen LogP contribution in [0.1, 0.15) is 45.9 Å². The van der Waals surface area contributed by atoms with E-state index in [2.05, 4.69) is 27.8 Å². The Bertz CT molecular complexity index is 996. The summed E-state index contributed by atoms with van der Waals surface area (Å²) in [4.78, 5) is 18.5. The van der Waals surface area contributed by atoms with Crippen molar-refractivity contribution in [3.05, 3.63) is 80.8 Å². The molecule has 0 atom stereocenters. The highest BCUT2D eigenvalue weighted by molar-refractivity contribution is 7.98. The van der Waals surface area contributed by atoms with Crippen molar-refractivity contribution in [3.63, 3.8) is 0 Å². The summed E-state index contributed by atoms with van der Waals surface area (Å²) in [5, 5.41) is 7.09. The van der Waals surface area contributed by atoms with Gasteiger partial charge in [0, 0.05) is 33.0 Å². The zero-order valence-corrected chi connectivity index (χ0v) is 18.7. The molecule has 1 saturated carbocycles. The van der Waals surface area contributed by atoms with Crippen LogP contribution in [0.2, 0.25) is 5.02 Å². The Morgan fingerprint density at radius 1 is 1.21 bits per heavy atom. The largest absolute Gasteiger partial charge is 0.351 e. The van der Waals surface area contributed by atoms with Crippen LogP contribution >= 0.6 is 34.7 Å². The zero-order chi connectivity index (χ0) is 20.3. The van der Waals surface area contributed by atoms with Gasteiger partial charge in [-0.1, -0.05) is 42.3 Å². The Labute approximate surface area is 184 Å². The number of carbonyl (C=O) groups excluding carboxylic acids is 1. The number of thiazole rings is 1. The second kappa shape index (κ2) is 8.90. The topological polar surface area (TPSA) is 42.0 Å². The fraction of sp³-hybridized carbons (Fsp3) is 0.304. The number of nitrogens with zero attached hydrogens (tertiary/aromatic N) is 1. The molecule has 0 spiro atoms. The van der Waals surface area contributed by atoms with Crippen molar-refractivity contribution in [2.75, 3.05) is 6.54 Å². The molecule has 1 aliphatic carbocycles. The van der Waals surface area contributed by atoms with Crippen LogP contribution < -0.4 is 5.32 Å². The lowest BCUT2D eigenvalue weighted by Gasteiger charge is -2.42. The number of benzene rings is 2. The van der Waals surface area contributed by atoms with Gasteiger partial charge in [-0.2, -0.15) is 0 Å². The van der Waals surface area contributed by atoms with Crippen molar-refractivity contribution in [3.8, 4) is 0 Å². The van der Waals surface area contributed by atoms with Gasteiger partial charge >= 0.3 is 0 Å². The van der Waals surface area contributed by atoms with E-state index >= 15 is 0 Å². The van der Waals surface area contributed by atoms with Gasteiger partial charge in [0.15, 0.2) is 0 Å². The molecular formula is C23H23ClN2OS2. The van der Waals surface area contributed by atoms with Crippen molar-refractivity contribution in [2.45, 2.75) is 42.2 Å². The van der Waals surface area contributed by atoms with Crippen LogP contribution in [0, 0.1) is 6.92 Å². The summed E-state index contributed by atoms with van der Waals surface area (Å²) >= 11 is 9.37. The molecule has 1 amide bonds. The molecule has 0 unspecified atom stereocenters. The average Bonchev–Trinajstić information content (AvgIpc) is 3.12. The van der Waals surface area contributed by atoms with Crippen LogP contribution in [-0.4, -0.2) is 17.4 Å². The second-order valence-corrected chi connectivity index (χ2v) is 9.98. The molecule has 150 valence electrons. The molecule has 0 saturated heterocycles. The first kappa shape index (κ1) is 20.5. The quantitative estimate of drug-likeness (QED) is 0.440. The molecule has 0 radical (unpaired) electrons. The normalized spacial score (nSPS) is 15.0. The molecule has 1 N–H and O–H groups in total. The highest BCUT2D eigenvalue weighted by atomic mass is 35.5. The fourth-order valence-corrected chi connectivity index (χ4v) is 5.51. The number of amides is 1. The Morgan fingerprint density at radius 3 is 2.62 bits per heavy atom. The van der Waals surface area contributed by atoms with Gasteiger partial charge in [0.25, 0.3) is 5.91 Å². The SMILES string of the molecule is Cc1nc(CSc2ccccc2C(=O)NCC2(c3ccc(Cl)cc3)CCC2)cs1. The number of thioether (sulfide) groups is 1. The third-order valence-electron chi connectivity index (χ3n) is 5.53. The van der Waals surface area contributed by atoms with Crippen LogP contribution in [0.5, 0.6) is 0 Å². The zero-order valence-electron chi connectivity index (χ0n) is 16.3. The highest BCUT2D eigenvalue weighted by Gasteiger charge is 2.38. The molecular weight excluding hydrogens is 420 g/mol. The van der Waals surface area contributed by atoms with Crippen molar-refractivity contribution >= 4 is 40.6 Å². The maximum Gasteiger partial charge on any atom is 0.252 e. The van der Waals surface area contributed by atoms with Crippen LogP contribution in [-0.2, 0) is 11.2 Å².